The molecule has 6 rings (SSSR count). The molecule has 156 valence electrons. The summed E-state index contributed by atoms with van der Waals surface area (Å²) in [6.07, 6.45) is 8.01. The fourth-order valence-electron chi connectivity index (χ4n) is 6.57. The molecule has 1 aromatic carbocycles. The van der Waals surface area contributed by atoms with Crippen molar-refractivity contribution in [2.75, 3.05) is 25.2 Å². The Morgan fingerprint density at radius 3 is 2.38 bits per heavy atom. The van der Waals surface area contributed by atoms with Crippen LogP contribution in [0.5, 0.6) is 5.75 Å². The van der Waals surface area contributed by atoms with E-state index >= 15 is 0 Å². The van der Waals surface area contributed by atoms with E-state index in [0.717, 1.165) is 17.8 Å². The third-order valence-corrected chi connectivity index (χ3v) is 7.36. The van der Waals surface area contributed by atoms with Gasteiger partial charge in [-0.1, -0.05) is 12.1 Å². The predicted octanol–water partition coefficient (Wildman–Crippen LogP) is 2.90. The first-order valence-corrected chi connectivity index (χ1v) is 10.9. The molecule has 29 heavy (non-hydrogen) atoms. The number of ether oxygens (including phenoxy) is 2. The van der Waals surface area contributed by atoms with Crippen molar-refractivity contribution in [1.29, 1.82) is 0 Å². The summed E-state index contributed by atoms with van der Waals surface area (Å²) in [5, 5.41) is 3.25. The summed E-state index contributed by atoms with van der Waals surface area (Å²) in [5.41, 5.74) is 0.592. The summed E-state index contributed by atoms with van der Waals surface area (Å²) >= 11 is 0. The minimum atomic E-state index is -0.493. The van der Waals surface area contributed by atoms with Crippen LogP contribution in [-0.2, 0) is 14.3 Å². The number of imide groups is 1. The van der Waals surface area contributed by atoms with Crippen LogP contribution in [0.25, 0.3) is 0 Å². The van der Waals surface area contributed by atoms with Crippen molar-refractivity contribution < 1.29 is 19.1 Å². The van der Waals surface area contributed by atoms with Crippen molar-refractivity contribution in [2.45, 2.75) is 56.6 Å². The maximum absolute atomic E-state index is 12.8. The van der Waals surface area contributed by atoms with Gasteiger partial charge in [-0.2, -0.15) is 0 Å². The molecule has 1 aromatic rings. The Labute approximate surface area is 171 Å². The molecule has 0 spiro atoms. The molecule has 5 aliphatic rings. The highest BCUT2D eigenvalue weighted by Gasteiger charge is 2.51. The molecule has 1 atom stereocenters. The maximum atomic E-state index is 12.8. The minimum Gasteiger partial charge on any atom is -0.495 e. The highest BCUT2D eigenvalue weighted by Crippen LogP contribution is 2.57. The topological polar surface area (TPSA) is 67.9 Å². The molecule has 4 aliphatic carbocycles. The molecule has 0 radical (unpaired) electrons. The number of anilines is 1. The normalized spacial score (nSPS) is 35.6. The van der Waals surface area contributed by atoms with Crippen LogP contribution in [0.2, 0.25) is 0 Å². The Morgan fingerprint density at radius 2 is 1.72 bits per heavy atom. The number of carbonyl (C=O) groups excluding carboxylic acids is 2. The van der Waals surface area contributed by atoms with Crippen molar-refractivity contribution in [1.82, 2.24) is 5.32 Å². The van der Waals surface area contributed by atoms with Crippen molar-refractivity contribution in [2.24, 2.45) is 17.8 Å². The van der Waals surface area contributed by atoms with Crippen molar-refractivity contribution >= 4 is 17.5 Å². The third-order valence-electron chi connectivity index (χ3n) is 7.36. The van der Waals surface area contributed by atoms with E-state index in [-0.39, 0.29) is 23.8 Å². The monoisotopic (exact) mass is 398 g/mol. The van der Waals surface area contributed by atoms with Crippen LogP contribution in [0.15, 0.2) is 24.3 Å². The number of nitrogens with one attached hydrogen (secondary N) is 1. The van der Waals surface area contributed by atoms with E-state index in [4.69, 9.17) is 9.47 Å². The quantitative estimate of drug-likeness (QED) is 0.565. The van der Waals surface area contributed by atoms with Gasteiger partial charge in [-0.3, -0.25) is 9.59 Å². The number of nitrogens with zero attached hydrogens (tertiary/aromatic N) is 1. The molecule has 5 fully saturated rings. The number of methoxy groups -OCH3 is 1. The summed E-state index contributed by atoms with van der Waals surface area (Å²) in [7, 11) is 1.54. The second kappa shape index (κ2) is 7.40. The molecule has 0 unspecified atom stereocenters. The molecule has 1 aliphatic heterocycles. The third kappa shape index (κ3) is 3.46. The van der Waals surface area contributed by atoms with Crippen LogP contribution in [0, 0.1) is 17.8 Å². The first kappa shape index (κ1) is 19.1. The highest BCUT2D eigenvalue weighted by molar-refractivity contribution is 6.23. The largest absolute Gasteiger partial charge is 0.495 e. The van der Waals surface area contributed by atoms with Crippen LogP contribution in [0.4, 0.5) is 5.69 Å². The summed E-state index contributed by atoms with van der Waals surface area (Å²) in [6, 6.07) is 6.64. The van der Waals surface area contributed by atoms with Crippen LogP contribution in [0.3, 0.4) is 0 Å². The summed E-state index contributed by atoms with van der Waals surface area (Å²) in [4.78, 5) is 26.6. The summed E-state index contributed by atoms with van der Waals surface area (Å²) in [6.45, 7) is 1.18. The van der Waals surface area contributed by atoms with E-state index in [0.29, 0.717) is 24.6 Å². The first-order chi connectivity index (χ1) is 14.1. The smallest absolute Gasteiger partial charge is 0.251 e. The van der Waals surface area contributed by atoms with Gasteiger partial charge in [0.25, 0.3) is 5.91 Å². The van der Waals surface area contributed by atoms with Gasteiger partial charge in [0, 0.05) is 6.54 Å². The first-order valence-electron chi connectivity index (χ1n) is 10.9. The maximum Gasteiger partial charge on any atom is 0.251 e. The van der Waals surface area contributed by atoms with Crippen LogP contribution in [-0.4, -0.2) is 43.7 Å². The number of hydrogen-bond donors (Lipinski definition) is 1. The van der Waals surface area contributed by atoms with Gasteiger partial charge in [-0.15, -0.1) is 0 Å². The number of para-hydroxylation sites is 2. The van der Waals surface area contributed by atoms with Gasteiger partial charge in [-0.25, -0.2) is 4.90 Å². The van der Waals surface area contributed by atoms with E-state index in [1.54, 1.807) is 25.3 Å². The molecule has 1 heterocycles. The van der Waals surface area contributed by atoms with Gasteiger partial charge in [-0.05, 0) is 68.4 Å². The lowest BCUT2D eigenvalue weighted by molar-refractivity contribution is -0.161. The zero-order valence-corrected chi connectivity index (χ0v) is 17.1. The van der Waals surface area contributed by atoms with Gasteiger partial charge < -0.3 is 14.8 Å². The van der Waals surface area contributed by atoms with Crippen LogP contribution in [0.1, 0.15) is 44.9 Å². The minimum absolute atomic E-state index is 0.0787. The van der Waals surface area contributed by atoms with Crippen LogP contribution < -0.4 is 15.0 Å². The number of amides is 2. The predicted molar refractivity (Wildman–Crippen MR) is 109 cm³/mol. The zero-order chi connectivity index (χ0) is 20.0. The van der Waals surface area contributed by atoms with Crippen molar-refractivity contribution in [3.63, 3.8) is 0 Å². The average Bonchev–Trinajstić information content (AvgIpc) is 2.97. The standard InChI is InChI=1S/C23H30N2O4/c1-28-20-5-3-2-4-19(20)25-21(26)11-18(22(25)27)24-6-7-29-23-12-15-8-16(13-23)10-17(9-15)14-23/h2-5,15-18,24H,6-14H2,1H3/t15?,16?,17?,18-,23?/m1/s1. The fraction of sp³-hybridized carbons (Fsp3) is 0.652. The lowest BCUT2D eigenvalue weighted by Crippen LogP contribution is -2.52. The van der Waals surface area contributed by atoms with E-state index in [1.807, 2.05) is 6.07 Å². The van der Waals surface area contributed by atoms with Gasteiger partial charge in [0.2, 0.25) is 5.91 Å². The molecule has 4 bridgehead atoms. The molecule has 0 aromatic heterocycles. The molecule has 1 N–H and O–H groups in total. The average molecular weight is 399 g/mol. The molecule has 2 amide bonds. The van der Waals surface area contributed by atoms with E-state index in [1.165, 1.54) is 43.4 Å². The zero-order valence-electron chi connectivity index (χ0n) is 17.1. The molecular weight excluding hydrogens is 368 g/mol. The van der Waals surface area contributed by atoms with Gasteiger partial charge in [0.1, 0.15) is 5.75 Å². The van der Waals surface area contributed by atoms with Crippen molar-refractivity contribution in [3.8, 4) is 5.75 Å². The van der Waals surface area contributed by atoms with Crippen molar-refractivity contribution in [3.05, 3.63) is 24.3 Å². The highest BCUT2D eigenvalue weighted by atomic mass is 16.5. The van der Waals surface area contributed by atoms with E-state index in [9.17, 15) is 9.59 Å². The molecule has 6 nitrogen and oxygen atoms in total. The van der Waals surface area contributed by atoms with Gasteiger partial charge >= 0.3 is 0 Å². The van der Waals surface area contributed by atoms with Gasteiger partial charge in [0.15, 0.2) is 0 Å². The fourth-order valence-corrected chi connectivity index (χ4v) is 6.57. The number of rotatable bonds is 7. The Balaban J connectivity index is 1.16. The Kier molecular flexibility index (Phi) is 4.87. The lowest BCUT2D eigenvalue weighted by atomic mass is 9.54. The van der Waals surface area contributed by atoms with Gasteiger partial charge in [0.05, 0.1) is 37.5 Å². The second-order valence-corrected chi connectivity index (χ2v) is 9.40. The summed E-state index contributed by atoms with van der Waals surface area (Å²) < 4.78 is 11.7. The molecule has 4 saturated carbocycles. The summed E-state index contributed by atoms with van der Waals surface area (Å²) in [5.74, 6) is 2.70. The van der Waals surface area contributed by atoms with Crippen LogP contribution >= 0.6 is 0 Å². The Morgan fingerprint density at radius 1 is 1.07 bits per heavy atom. The number of carbonyl (C=O) groups is 2. The second-order valence-electron chi connectivity index (χ2n) is 9.40. The number of hydrogen-bond acceptors (Lipinski definition) is 5. The van der Waals surface area contributed by atoms with E-state index in [2.05, 4.69) is 5.32 Å². The molecular formula is C23H30N2O4. The Bertz CT molecular complexity index is 773. The Hall–Kier alpha value is -1.92. The van der Waals surface area contributed by atoms with E-state index < -0.39 is 6.04 Å². The number of benzene rings is 1. The SMILES string of the molecule is COc1ccccc1N1C(=O)C[C@@H](NCCOC23CC4CC(CC(C4)C2)C3)C1=O. The molecule has 1 saturated heterocycles. The molecule has 6 heteroatoms. The lowest BCUT2D eigenvalue weighted by Gasteiger charge is -2.56.